The standard InChI is InChI=1S/C13H25N3O3S/c1-2-20(18,19)15-11-4-8-16(9-5-11)12(17)13(10-14)6-3-7-13/h11,15H,2-10,14H2,1H3. The summed E-state index contributed by atoms with van der Waals surface area (Å²) in [7, 11) is -3.16. The van der Waals surface area contributed by atoms with E-state index in [2.05, 4.69) is 4.72 Å². The summed E-state index contributed by atoms with van der Waals surface area (Å²) in [6.07, 6.45) is 4.24. The fourth-order valence-electron chi connectivity index (χ4n) is 2.98. The van der Waals surface area contributed by atoms with Crippen molar-refractivity contribution in [3.05, 3.63) is 0 Å². The molecule has 1 aliphatic carbocycles. The largest absolute Gasteiger partial charge is 0.342 e. The number of piperidine rings is 1. The van der Waals surface area contributed by atoms with Crippen molar-refractivity contribution < 1.29 is 13.2 Å². The zero-order chi connectivity index (χ0) is 14.8. The highest BCUT2D eigenvalue weighted by atomic mass is 32.2. The third kappa shape index (κ3) is 3.15. The first-order valence-electron chi connectivity index (χ1n) is 7.42. The fourth-order valence-corrected chi connectivity index (χ4v) is 3.89. The molecule has 1 saturated heterocycles. The van der Waals surface area contributed by atoms with Gasteiger partial charge in [0.1, 0.15) is 0 Å². The Hall–Kier alpha value is -0.660. The van der Waals surface area contributed by atoms with E-state index in [1.807, 2.05) is 4.90 Å². The SMILES string of the molecule is CCS(=O)(=O)NC1CCN(C(=O)C2(CN)CCC2)CC1. The lowest BCUT2D eigenvalue weighted by Crippen LogP contribution is -2.55. The highest BCUT2D eigenvalue weighted by Gasteiger charge is 2.45. The lowest BCUT2D eigenvalue weighted by Gasteiger charge is -2.44. The molecule has 116 valence electrons. The molecule has 0 bridgehead atoms. The van der Waals surface area contributed by atoms with Gasteiger partial charge in [0, 0.05) is 25.7 Å². The molecule has 7 heteroatoms. The highest BCUT2D eigenvalue weighted by Crippen LogP contribution is 2.41. The van der Waals surface area contributed by atoms with Crippen LogP contribution in [0.15, 0.2) is 0 Å². The van der Waals surface area contributed by atoms with Crippen LogP contribution < -0.4 is 10.5 Å². The monoisotopic (exact) mass is 303 g/mol. The number of nitrogens with one attached hydrogen (secondary N) is 1. The number of carbonyl (C=O) groups excluding carboxylic acids is 1. The third-order valence-corrected chi connectivity index (χ3v) is 6.12. The lowest BCUT2D eigenvalue weighted by atomic mass is 9.67. The number of nitrogens with zero attached hydrogens (tertiary/aromatic N) is 1. The summed E-state index contributed by atoms with van der Waals surface area (Å²) in [5, 5.41) is 0. The van der Waals surface area contributed by atoms with E-state index in [0.717, 1.165) is 19.3 Å². The van der Waals surface area contributed by atoms with Gasteiger partial charge < -0.3 is 10.6 Å². The summed E-state index contributed by atoms with van der Waals surface area (Å²) in [6.45, 7) is 3.30. The number of sulfonamides is 1. The molecule has 0 aromatic rings. The molecule has 0 aromatic heterocycles. The first-order chi connectivity index (χ1) is 9.42. The van der Waals surface area contributed by atoms with Gasteiger partial charge in [0.05, 0.1) is 11.2 Å². The topological polar surface area (TPSA) is 92.5 Å². The Morgan fingerprint density at radius 3 is 2.35 bits per heavy atom. The molecule has 3 N–H and O–H groups in total. The fraction of sp³-hybridized carbons (Fsp3) is 0.923. The molecule has 6 nitrogen and oxygen atoms in total. The Balaban J connectivity index is 1.87. The maximum absolute atomic E-state index is 12.5. The van der Waals surface area contributed by atoms with E-state index in [9.17, 15) is 13.2 Å². The second-order valence-corrected chi connectivity index (χ2v) is 7.97. The summed E-state index contributed by atoms with van der Waals surface area (Å²) in [6, 6.07) is -0.0424. The quantitative estimate of drug-likeness (QED) is 0.750. The first-order valence-corrected chi connectivity index (χ1v) is 9.07. The Labute approximate surface area is 121 Å². The maximum Gasteiger partial charge on any atom is 0.230 e. The van der Waals surface area contributed by atoms with Crippen LogP contribution in [0.4, 0.5) is 0 Å². The molecule has 2 rings (SSSR count). The van der Waals surface area contributed by atoms with E-state index in [1.54, 1.807) is 6.92 Å². The minimum atomic E-state index is -3.16. The number of carbonyl (C=O) groups is 1. The van der Waals surface area contributed by atoms with Crippen LogP contribution in [0.1, 0.15) is 39.0 Å². The van der Waals surface area contributed by atoms with Crippen molar-refractivity contribution in [3.63, 3.8) is 0 Å². The van der Waals surface area contributed by atoms with Crippen molar-refractivity contribution in [3.8, 4) is 0 Å². The van der Waals surface area contributed by atoms with Crippen LogP contribution in [0.3, 0.4) is 0 Å². The van der Waals surface area contributed by atoms with Gasteiger partial charge in [-0.3, -0.25) is 4.79 Å². The van der Waals surface area contributed by atoms with Gasteiger partial charge in [-0.15, -0.1) is 0 Å². The lowest BCUT2D eigenvalue weighted by molar-refractivity contribution is -0.147. The van der Waals surface area contributed by atoms with Crippen LogP contribution in [0.5, 0.6) is 0 Å². The van der Waals surface area contributed by atoms with E-state index in [4.69, 9.17) is 5.73 Å². The molecule has 20 heavy (non-hydrogen) atoms. The summed E-state index contributed by atoms with van der Waals surface area (Å²) >= 11 is 0. The van der Waals surface area contributed by atoms with Crippen LogP contribution >= 0.6 is 0 Å². The van der Waals surface area contributed by atoms with E-state index >= 15 is 0 Å². The van der Waals surface area contributed by atoms with E-state index < -0.39 is 10.0 Å². The van der Waals surface area contributed by atoms with Gasteiger partial charge in [-0.2, -0.15) is 0 Å². The van der Waals surface area contributed by atoms with Crippen LogP contribution in [0.25, 0.3) is 0 Å². The summed E-state index contributed by atoms with van der Waals surface area (Å²) in [4.78, 5) is 14.4. The number of likely N-dealkylation sites (tertiary alicyclic amines) is 1. The molecule has 1 heterocycles. The van der Waals surface area contributed by atoms with Gasteiger partial charge >= 0.3 is 0 Å². The van der Waals surface area contributed by atoms with Gasteiger partial charge in [-0.1, -0.05) is 6.42 Å². The number of rotatable bonds is 5. The molecule has 1 amide bonds. The second-order valence-electron chi connectivity index (χ2n) is 5.93. The zero-order valence-corrected chi connectivity index (χ0v) is 12.9. The van der Waals surface area contributed by atoms with Gasteiger partial charge in [0.2, 0.25) is 15.9 Å². The van der Waals surface area contributed by atoms with E-state index in [-0.39, 0.29) is 23.1 Å². The Morgan fingerprint density at radius 2 is 1.95 bits per heavy atom. The van der Waals surface area contributed by atoms with Gasteiger partial charge in [0.15, 0.2) is 0 Å². The summed E-state index contributed by atoms with van der Waals surface area (Å²) in [5.74, 6) is 0.269. The second kappa shape index (κ2) is 5.99. The van der Waals surface area contributed by atoms with Gasteiger partial charge in [-0.25, -0.2) is 13.1 Å². The highest BCUT2D eigenvalue weighted by molar-refractivity contribution is 7.89. The molecule has 0 spiro atoms. The van der Waals surface area contributed by atoms with E-state index in [0.29, 0.717) is 32.5 Å². The van der Waals surface area contributed by atoms with Crippen molar-refractivity contribution in [1.82, 2.24) is 9.62 Å². The van der Waals surface area contributed by atoms with Crippen molar-refractivity contribution in [2.75, 3.05) is 25.4 Å². The number of hydrogen-bond acceptors (Lipinski definition) is 4. The zero-order valence-electron chi connectivity index (χ0n) is 12.1. The molecule has 2 aliphatic rings. The molecule has 0 atom stereocenters. The minimum Gasteiger partial charge on any atom is -0.342 e. The number of nitrogens with two attached hydrogens (primary N) is 1. The van der Waals surface area contributed by atoms with Gasteiger partial charge in [-0.05, 0) is 32.6 Å². The summed E-state index contributed by atoms with van der Waals surface area (Å²) in [5.41, 5.74) is 5.44. The Bertz CT molecular complexity index is 446. The molecule has 2 fully saturated rings. The predicted octanol–water partition coefficient (Wildman–Crippen LogP) is 0.0457. The third-order valence-electron chi connectivity index (χ3n) is 4.66. The van der Waals surface area contributed by atoms with Crippen LogP contribution in [0, 0.1) is 5.41 Å². The minimum absolute atomic E-state index is 0.0424. The molecule has 0 radical (unpaired) electrons. The number of hydrogen-bond donors (Lipinski definition) is 2. The first kappa shape index (κ1) is 15.7. The van der Waals surface area contributed by atoms with Crippen LogP contribution in [-0.4, -0.2) is 50.7 Å². The molecule has 1 saturated carbocycles. The molecule has 0 aromatic carbocycles. The normalized spacial score (nSPS) is 23.4. The molecular weight excluding hydrogens is 278 g/mol. The van der Waals surface area contributed by atoms with Crippen molar-refractivity contribution in [1.29, 1.82) is 0 Å². The van der Waals surface area contributed by atoms with Crippen molar-refractivity contribution in [2.45, 2.75) is 45.1 Å². The van der Waals surface area contributed by atoms with E-state index in [1.165, 1.54) is 0 Å². The average molecular weight is 303 g/mol. The molecular formula is C13H25N3O3S. The van der Waals surface area contributed by atoms with Crippen molar-refractivity contribution >= 4 is 15.9 Å². The number of amides is 1. The van der Waals surface area contributed by atoms with Crippen molar-refractivity contribution in [2.24, 2.45) is 11.1 Å². The van der Waals surface area contributed by atoms with Crippen LogP contribution in [-0.2, 0) is 14.8 Å². The van der Waals surface area contributed by atoms with Crippen LogP contribution in [0.2, 0.25) is 0 Å². The molecule has 1 aliphatic heterocycles. The maximum atomic E-state index is 12.5. The summed E-state index contributed by atoms with van der Waals surface area (Å²) < 4.78 is 25.8. The smallest absolute Gasteiger partial charge is 0.230 e. The Kier molecular flexibility index (Phi) is 4.71. The molecule has 0 unspecified atom stereocenters. The predicted molar refractivity (Wildman–Crippen MR) is 77.5 cm³/mol. The Morgan fingerprint density at radius 1 is 1.35 bits per heavy atom. The van der Waals surface area contributed by atoms with Gasteiger partial charge in [0.25, 0.3) is 0 Å². The average Bonchev–Trinajstić information content (AvgIpc) is 2.38.